The van der Waals surface area contributed by atoms with Crippen LogP contribution in [0.4, 0.5) is 0 Å². The zero-order chi connectivity index (χ0) is 12.8. The maximum absolute atomic E-state index is 11.8. The zero-order valence-corrected chi connectivity index (χ0v) is 11.7. The highest BCUT2D eigenvalue weighted by atomic mass is 16.1. The number of ketones is 1. The Morgan fingerprint density at radius 3 is 2.41 bits per heavy atom. The molecule has 2 rings (SSSR count). The Hall–Kier alpha value is -0.850. The van der Waals surface area contributed by atoms with E-state index in [2.05, 4.69) is 39.8 Å². The highest BCUT2D eigenvalue weighted by Gasteiger charge is 2.41. The molecule has 0 amide bonds. The normalized spacial score (nSPS) is 36.8. The Kier molecular flexibility index (Phi) is 3.05. The van der Waals surface area contributed by atoms with Gasteiger partial charge >= 0.3 is 0 Å². The predicted molar refractivity (Wildman–Crippen MR) is 71.7 cm³/mol. The molecule has 0 heterocycles. The van der Waals surface area contributed by atoms with Crippen molar-refractivity contribution in [3.8, 4) is 0 Å². The second-order valence-corrected chi connectivity index (χ2v) is 6.47. The van der Waals surface area contributed by atoms with Crippen LogP contribution < -0.4 is 0 Å². The lowest BCUT2D eigenvalue weighted by Crippen LogP contribution is -2.32. The summed E-state index contributed by atoms with van der Waals surface area (Å²) in [5.74, 6) is 1.81. The van der Waals surface area contributed by atoms with Crippen LogP contribution in [0.3, 0.4) is 0 Å². The minimum atomic E-state index is 0.210. The Morgan fingerprint density at radius 1 is 1.29 bits per heavy atom. The van der Waals surface area contributed by atoms with E-state index in [0.717, 1.165) is 12.0 Å². The number of allylic oxidation sites excluding steroid dienone is 4. The summed E-state index contributed by atoms with van der Waals surface area (Å²) in [6, 6.07) is 0. The molecular weight excluding hydrogens is 208 g/mol. The molecule has 3 atom stereocenters. The first-order valence-corrected chi connectivity index (χ1v) is 6.74. The summed E-state index contributed by atoms with van der Waals surface area (Å²) in [6.07, 6.45) is 6.83. The molecule has 0 radical (unpaired) electrons. The van der Waals surface area contributed by atoms with Gasteiger partial charge in [-0.15, -0.1) is 0 Å². The van der Waals surface area contributed by atoms with Crippen molar-refractivity contribution in [3.63, 3.8) is 0 Å². The van der Waals surface area contributed by atoms with E-state index in [1.807, 2.05) is 6.92 Å². The molecular formula is C16H24O. The average molecular weight is 232 g/mol. The van der Waals surface area contributed by atoms with E-state index in [0.29, 0.717) is 23.0 Å². The first-order chi connectivity index (χ1) is 7.84. The van der Waals surface area contributed by atoms with Crippen molar-refractivity contribution in [2.24, 2.45) is 23.2 Å². The third-order valence-corrected chi connectivity index (χ3v) is 5.06. The second-order valence-electron chi connectivity index (χ2n) is 6.47. The molecule has 0 aliphatic heterocycles. The molecule has 0 aromatic rings. The molecule has 0 saturated heterocycles. The largest absolute Gasteiger partial charge is 0.294 e. The predicted octanol–water partition coefficient (Wildman–Crippen LogP) is 4.15. The molecule has 0 aromatic heterocycles. The van der Waals surface area contributed by atoms with Crippen molar-refractivity contribution in [2.75, 3.05) is 0 Å². The average Bonchev–Trinajstić information content (AvgIpc) is 2.50. The summed E-state index contributed by atoms with van der Waals surface area (Å²) in [7, 11) is 0. The van der Waals surface area contributed by atoms with Crippen molar-refractivity contribution in [1.82, 2.24) is 0 Å². The topological polar surface area (TPSA) is 17.1 Å². The van der Waals surface area contributed by atoms with Crippen molar-refractivity contribution < 1.29 is 4.79 Å². The minimum Gasteiger partial charge on any atom is -0.294 e. The van der Waals surface area contributed by atoms with Crippen LogP contribution in [0.5, 0.6) is 0 Å². The standard InChI is InChI=1S/C16H24O/c1-10-8-13(9-11(2)15(10)17)14-7-6-12(3)16(14,4)5/h6,8,11,13-14H,7,9H2,1-5H3/t11?,13?,14-/m1/s1. The van der Waals surface area contributed by atoms with E-state index < -0.39 is 0 Å². The molecule has 0 aromatic carbocycles. The fourth-order valence-corrected chi connectivity index (χ4v) is 3.52. The van der Waals surface area contributed by atoms with Crippen molar-refractivity contribution >= 4 is 5.78 Å². The number of carbonyl (C=O) groups is 1. The highest BCUT2D eigenvalue weighted by molar-refractivity contribution is 5.97. The van der Waals surface area contributed by atoms with Crippen LogP contribution in [0.2, 0.25) is 0 Å². The van der Waals surface area contributed by atoms with Gasteiger partial charge in [0.2, 0.25) is 0 Å². The van der Waals surface area contributed by atoms with Crippen LogP contribution in [-0.2, 0) is 4.79 Å². The van der Waals surface area contributed by atoms with Gasteiger partial charge in [0.25, 0.3) is 0 Å². The van der Waals surface area contributed by atoms with E-state index >= 15 is 0 Å². The molecule has 2 aliphatic rings. The molecule has 17 heavy (non-hydrogen) atoms. The number of Topliss-reactive ketones (excluding diaryl/α,β-unsaturated/α-hetero) is 1. The van der Waals surface area contributed by atoms with Gasteiger partial charge in [0.15, 0.2) is 5.78 Å². The summed E-state index contributed by atoms with van der Waals surface area (Å²) >= 11 is 0. The number of hydrogen-bond donors (Lipinski definition) is 0. The van der Waals surface area contributed by atoms with Gasteiger partial charge in [0.05, 0.1) is 0 Å². The Bertz CT molecular complexity index is 398. The smallest absolute Gasteiger partial charge is 0.161 e. The molecule has 2 unspecified atom stereocenters. The van der Waals surface area contributed by atoms with E-state index in [-0.39, 0.29) is 5.92 Å². The maximum atomic E-state index is 11.8. The summed E-state index contributed by atoms with van der Waals surface area (Å²) in [4.78, 5) is 11.8. The lowest BCUT2D eigenvalue weighted by molar-refractivity contribution is -0.119. The fourth-order valence-electron chi connectivity index (χ4n) is 3.52. The highest BCUT2D eigenvalue weighted by Crippen LogP contribution is 2.49. The van der Waals surface area contributed by atoms with Gasteiger partial charge in [-0.25, -0.2) is 0 Å². The van der Waals surface area contributed by atoms with Crippen LogP contribution in [0.15, 0.2) is 23.3 Å². The van der Waals surface area contributed by atoms with Crippen LogP contribution in [-0.4, -0.2) is 5.78 Å². The van der Waals surface area contributed by atoms with Crippen LogP contribution >= 0.6 is 0 Å². The van der Waals surface area contributed by atoms with Crippen molar-refractivity contribution in [1.29, 1.82) is 0 Å². The molecule has 0 spiro atoms. The van der Waals surface area contributed by atoms with Gasteiger partial charge in [0.1, 0.15) is 0 Å². The Labute approximate surface area is 105 Å². The van der Waals surface area contributed by atoms with E-state index in [1.54, 1.807) is 0 Å². The summed E-state index contributed by atoms with van der Waals surface area (Å²) < 4.78 is 0. The first kappa shape index (κ1) is 12.6. The molecule has 2 aliphatic carbocycles. The number of hydrogen-bond acceptors (Lipinski definition) is 1. The van der Waals surface area contributed by atoms with Gasteiger partial charge < -0.3 is 0 Å². The van der Waals surface area contributed by atoms with Crippen LogP contribution in [0.1, 0.15) is 47.5 Å². The lowest BCUT2D eigenvalue weighted by atomic mass is 9.66. The molecule has 1 nitrogen and oxygen atoms in total. The molecule has 94 valence electrons. The van der Waals surface area contributed by atoms with Gasteiger partial charge in [-0.3, -0.25) is 4.79 Å². The van der Waals surface area contributed by atoms with E-state index in [4.69, 9.17) is 0 Å². The zero-order valence-electron chi connectivity index (χ0n) is 11.7. The summed E-state index contributed by atoms with van der Waals surface area (Å²) in [5.41, 5.74) is 2.79. The van der Waals surface area contributed by atoms with Gasteiger partial charge in [-0.2, -0.15) is 0 Å². The molecule has 0 bridgehead atoms. The monoisotopic (exact) mass is 232 g/mol. The Balaban J connectivity index is 2.24. The van der Waals surface area contributed by atoms with Crippen molar-refractivity contribution in [2.45, 2.75) is 47.5 Å². The maximum Gasteiger partial charge on any atom is 0.161 e. The SMILES string of the molecule is CC1=CC([C@H]2CC=C(C)C2(C)C)CC(C)C1=O. The third kappa shape index (κ3) is 2.00. The van der Waals surface area contributed by atoms with Crippen molar-refractivity contribution in [3.05, 3.63) is 23.3 Å². The second kappa shape index (κ2) is 4.12. The van der Waals surface area contributed by atoms with Crippen LogP contribution in [0, 0.1) is 23.2 Å². The fraction of sp³-hybridized carbons (Fsp3) is 0.688. The van der Waals surface area contributed by atoms with Gasteiger partial charge in [-0.1, -0.05) is 38.5 Å². The number of carbonyl (C=O) groups excluding carboxylic acids is 1. The quantitative estimate of drug-likeness (QED) is 0.621. The molecule has 0 fully saturated rings. The Morgan fingerprint density at radius 2 is 1.94 bits per heavy atom. The minimum absolute atomic E-state index is 0.210. The molecule has 1 heteroatoms. The summed E-state index contributed by atoms with van der Waals surface area (Å²) in [6.45, 7) is 11.0. The van der Waals surface area contributed by atoms with E-state index in [1.165, 1.54) is 12.0 Å². The third-order valence-electron chi connectivity index (χ3n) is 5.06. The van der Waals surface area contributed by atoms with Gasteiger partial charge in [0, 0.05) is 5.92 Å². The van der Waals surface area contributed by atoms with Gasteiger partial charge in [-0.05, 0) is 49.5 Å². The van der Waals surface area contributed by atoms with Crippen LogP contribution in [0.25, 0.3) is 0 Å². The summed E-state index contributed by atoms with van der Waals surface area (Å²) in [5, 5.41) is 0. The first-order valence-electron chi connectivity index (χ1n) is 6.74. The number of rotatable bonds is 1. The molecule has 0 N–H and O–H groups in total. The lowest BCUT2D eigenvalue weighted by Gasteiger charge is -2.37. The van der Waals surface area contributed by atoms with E-state index in [9.17, 15) is 4.79 Å². The molecule has 0 saturated carbocycles.